The van der Waals surface area contributed by atoms with E-state index in [-0.39, 0.29) is 23.3 Å². The molecule has 3 aromatic rings. The van der Waals surface area contributed by atoms with Gasteiger partial charge in [-0.2, -0.15) is 0 Å². The zero-order chi connectivity index (χ0) is 30.3. The van der Waals surface area contributed by atoms with Crippen molar-refractivity contribution in [3.8, 4) is 0 Å². The molecule has 8 heteroatoms. The molecule has 220 valence electrons. The highest BCUT2D eigenvalue weighted by Crippen LogP contribution is 2.27. The van der Waals surface area contributed by atoms with Gasteiger partial charge < -0.3 is 10.2 Å². The molecule has 0 fully saturated rings. The summed E-state index contributed by atoms with van der Waals surface area (Å²) in [5.74, 6) is -0.453. The number of rotatable bonds is 12. The lowest BCUT2D eigenvalue weighted by Crippen LogP contribution is -2.52. The van der Waals surface area contributed by atoms with Gasteiger partial charge in [0.05, 0.1) is 10.6 Å². The molecule has 1 N–H and O–H groups in total. The summed E-state index contributed by atoms with van der Waals surface area (Å²) >= 11 is 0. The van der Waals surface area contributed by atoms with Crippen molar-refractivity contribution in [3.63, 3.8) is 0 Å². The zero-order valence-electron chi connectivity index (χ0n) is 25.3. The summed E-state index contributed by atoms with van der Waals surface area (Å²) in [6.07, 6.45) is 0.385. The molecule has 0 aromatic heterocycles. The van der Waals surface area contributed by atoms with Crippen molar-refractivity contribution < 1.29 is 18.0 Å². The van der Waals surface area contributed by atoms with Crippen molar-refractivity contribution in [1.29, 1.82) is 0 Å². The topological polar surface area (TPSA) is 86.8 Å². The normalized spacial score (nSPS) is 12.2. The summed E-state index contributed by atoms with van der Waals surface area (Å²) in [4.78, 5) is 29.1. The molecule has 3 rings (SSSR count). The molecular weight excluding hydrogens is 534 g/mol. The highest BCUT2D eigenvalue weighted by atomic mass is 32.2. The van der Waals surface area contributed by atoms with Gasteiger partial charge in [0.2, 0.25) is 11.8 Å². The molecule has 0 saturated heterocycles. The average Bonchev–Trinajstić information content (AvgIpc) is 2.92. The second-order valence-electron chi connectivity index (χ2n) is 11.2. The Kier molecular flexibility index (Phi) is 10.7. The molecule has 0 aliphatic heterocycles. The fourth-order valence-corrected chi connectivity index (χ4v) is 6.00. The Morgan fingerprint density at radius 3 is 2.12 bits per heavy atom. The third-order valence-corrected chi connectivity index (χ3v) is 8.96. The summed E-state index contributed by atoms with van der Waals surface area (Å²) in [5, 5.41) is 2.96. The van der Waals surface area contributed by atoms with Crippen molar-refractivity contribution in [2.24, 2.45) is 5.92 Å². The van der Waals surface area contributed by atoms with E-state index in [0.717, 1.165) is 32.1 Å². The standard InChI is InChI=1S/C33H43N3O4S/c1-8-31(33(38)34-20-23(2)3)35(21-28-11-9-10-25(5)18-28)32(37)22-36(29-15-14-26(6)27(7)19-29)41(39,40)30-16-12-24(4)13-17-30/h9-19,23,31H,8,20-22H2,1-7H3,(H,34,38)/t31-/m0/s1. The predicted molar refractivity (Wildman–Crippen MR) is 165 cm³/mol. The van der Waals surface area contributed by atoms with Crippen LogP contribution in [0.2, 0.25) is 0 Å². The van der Waals surface area contributed by atoms with E-state index in [1.54, 1.807) is 36.4 Å². The molecule has 41 heavy (non-hydrogen) atoms. The smallest absolute Gasteiger partial charge is 0.264 e. The summed E-state index contributed by atoms with van der Waals surface area (Å²) in [5.41, 5.74) is 5.16. The summed E-state index contributed by atoms with van der Waals surface area (Å²) in [7, 11) is -4.10. The fraction of sp³-hybridized carbons (Fsp3) is 0.394. The monoisotopic (exact) mass is 577 g/mol. The maximum atomic E-state index is 14.2. The lowest BCUT2D eigenvalue weighted by Gasteiger charge is -2.33. The lowest BCUT2D eigenvalue weighted by atomic mass is 10.1. The first-order valence-corrected chi connectivity index (χ1v) is 15.6. The van der Waals surface area contributed by atoms with E-state index >= 15 is 0 Å². The number of nitrogens with one attached hydrogen (secondary N) is 1. The molecule has 0 heterocycles. The van der Waals surface area contributed by atoms with Gasteiger partial charge in [-0.3, -0.25) is 13.9 Å². The first kappa shape index (κ1) is 31.9. The molecule has 1 atom stereocenters. The molecule has 0 spiro atoms. The molecule has 0 unspecified atom stereocenters. The van der Waals surface area contributed by atoms with E-state index in [2.05, 4.69) is 5.32 Å². The predicted octanol–water partition coefficient (Wildman–Crippen LogP) is 5.70. The van der Waals surface area contributed by atoms with E-state index in [1.807, 2.05) is 78.8 Å². The number of hydrogen-bond acceptors (Lipinski definition) is 4. The quantitative estimate of drug-likeness (QED) is 0.299. The minimum Gasteiger partial charge on any atom is -0.354 e. The van der Waals surface area contributed by atoms with Gasteiger partial charge in [0.1, 0.15) is 12.6 Å². The number of aryl methyl sites for hydroxylation is 4. The number of nitrogens with zero attached hydrogens (tertiary/aromatic N) is 2. The van der Waals surface area contributed by atoms with Crippen LogP contribution in [-0.2, 0) is 26.2 Å². The van der Waals surface area contributed by atoms with Gasteiger partial charge in [0.15, 0.2) is 0 Å². The highest BCUT2D eigenvalue weighted by Gasteiger charge is 2.33. The van der Waals surface area contributed by atoms with Gasteiger partial charge in [0.25, 0.3) is 10.0 Å². The Bertz CT molecular complexity index is 1470. The van der Waals surface area contributed by atoms with Gasteiger partial charge in [-0.15, -0.1) is 0 Å². The molecule has 0 saturated carbocycles. The van der Waals surface area contributed by atoms with E-state index in [9.17, 15) is 18.0 Å². The number of carbonyl (C=O) groups excluding carboxylic acids is 2. The maximum absolute atomic E-state index is 14.2. The van der Waals surface area contributed by atoms with Crippen LogP contribution in [0.3, 0.4) is 0 Å². The molecular formula is C33H43N3O4S. The van der Waals surface area contributed by atoms with Crippen LogP contribution in [0, 0.1) is 33.6 Å². The minimum absolute atomic E-state index is 0.0982. The second-order valence-corrected chi connectivity index (χ2v) is 13.0. The number of amides is 2. The summed E-state index contributed by atoms with van der Waals surface area (Å²) in [6.45, 7) is 13.8. The van der Waals surface area contributed by atoms with Gasteiger partial charge in [-0.25, -0.2) is 8.42 Å². The largest absolute Gasteiger partial charge is 0.354 e. The molecule has 3 aromatic carbocycles. The third-order valence-electron chi connectivity index (χ3n) is 7.17. The van der Waals surface area contributed by atoms with Gasteiger partial charge in [0, 0.05) is 13.1 Å². The van der Waals surface area contributed by atoms with E-state index in [4.69, 9.17) is 0 Å². The van der Waals surface area contributed by atoms with Crippen molar-refractivity contribution >= 4 is 27.5 Å². The number of carbonyl (C=O) groups is 2. The van der Waals surface area contributed by atoms with Crippen LogP contribution >= 0.6 is 0 Å². The van der Waals surface area contributed by atoms with Crippen LogP contribution in [0.5, 0.6) is 0 Å². The highest BCUT2D eigenvalue weighted by molar-refractivity contribution is 7.92. The molecule has 0 aliphatic carbocycles. The number of hydrogen-bond donors (Lipinski definition) is 1. The number of benzene rings is 3. The SMILES string of the molecule is CC[C@@H](C(=O)NCC(C)C)N(Cc1cccc(C)c1)C(=O)CN(c1ccc(C)c(C)c1)S(=O)(=O)c1ccc(C)cc1. The third kappa shape index (κ3) is 8.19. The molecule has 0 radical (unpaired) electrons. The van der Waals surface area contributed by atoms with Crippen molar-refractivity contribution in [3.05, 3.63) is 94.5 Å². The second kappa shape index (κ2) is 13.8. The molecule has 0 aliphatic rings. The lowest BCUT2D eigenvalue weighted by molar-refractivity contribution is -0.140. The Morgan fingerprint density at radius 1 is 0.854 bits per heavy atom. The van der Waals surface area contributed by atoms with E-state index in [1.165, 1.54) is 4.90 Å². The Morgan fingerprint density at radius 2 is 1.54 bits per heavy atom. The first-order chi connectivity index (χ1) is 19.3. The Hall–Kier alpha value is -3.65. The minimum atomic E-state index is -4.10. The Balaban J connectivity index is 2.07. The van der Waals surface area contributed by atoms with Crippen LogP contribution < -0.4 is 9.62 Å². The summed E-state index contributed by atoms with van der Waals surface area (Å²) < 4.78 is 29.2. The van der Waals surface area contributed by atoms with Crippen LogP contribution in [0.4, 0.5) is 5.69 Å². The molecule has 7 nitrogen and oxygen atoms in total. The first-order valence-electron chi connectivity index (χ1n) is 14.1. The van der Waals surface area contributed by atoms with E-state index < -0.39 is 28.5 Å². The van der Waals surface area contributed by atoms with Crippen molar-refractivity contribution in [1.82, 2.24) is 10.2 Å². The van der Waals surface area contributed by atoms with E-state index in [0.29, 0.717) is 18.7 Å². The molecule has 0 bridgehead atoms. The van der Waals surface area contributed by atoms with Gasteiger partial charge >= 0.3 is 0 Å². The maximum Gasteiger partial charge on any atom is 0.264 e. The van der Waals surface area contributed by atoms with Gasteiger partial charge in [-0.1, -0.05) is 74.4 Å². The summed E-state index contributed by atoms with van der Waals surface area (Å²) in [6, 6.07) is 19.0. The fourth-order valence-electron chi connectivity index (χ4n) is 4.60. The molecule has 2 amide bonds. The average molecular weight is 578 g/mol. The van der Waals surface area contributed by atoms with Crippen LogP contribution in [0.1, 0.15) is 55.0 Å². The number of anilines is 1. The van der Waals surface area contributed by atoms with Crippen LogP contribution in [-0.4, -0.2) is 44.3 Å². The van der Waals surface area contributed by atoms with Crippen LogP contribution in [0.15, 0.2) is 71.6 Å². The van der Waals surface area contributed by atoms with Crippen molar-refractivity contribution in [2.45, 2.75) is 72.4 Å². The van der Waals surface area contributed by atoms with Crippen LogP contribution in [0.25, 0.3) is 0 Å². The number of sulfonamides is 1. The Labute approximate surface area is 245 Å². The van der Waals surface area contributed by atoms with Gasteiger partial charge in [-0.05, 0) is 81.0 Å². The van der Waals surface area contributed by atoms with Crippen molar-refractivity contribution in [2.75, 3.05) is 17.4 Å². The zero-order valence-corrected chi connectivity index (χ0v) is 26.1.